The van der Waals surface area contributed by atoms with Crippen molar-refractivity contribution in [1.29, 1.82) is 0 Å². The summed E-state index contributed by atoms with van der Waals surface area (Å²) in [6, 6.07) is -0.159. The fourth-order valence-corrected chi connectivity index (χ4v) is 2.72. The van der Waals surface area contributed by atoms with E-state index in [1.807, 2.05) is 29.3 Å². The molecule has 0 saturated heterocycles. The van der Waals surface area contributed by atoms with Gasteiger partial charge in [0.15, 0.2) is 11.0 Å². The molecule has 0 aliphatic heterocycles. The zero-order chi connectivity index (χ0) is 15.2. The summed E-state index contributed by atoms with van der Waals surface area (Å²) in [6.07, 6.45) is 6.27. The lowest BCUT2D eigenvalue weighted by molar-refractivity contribution is -0.119. The SMILES string of the molecule is CCCn1cnnc1[C@H](C)NC(=O)CSc1nccn1C. The van der Waals surface area contributed by atoms with Crippen molar-refractivity contribution >= 4 is 17.7 Å². The van der Waals surface area contributed by atoms with Crippen molar-refractivity contribution in [3.8, 4) is 0 Å². The Balaban J connectivity index is 1.87. The molecule has 0 radical (unpaired) electrons. The predicted octanol–water partition coefficient (Wildman–Crippen LogP) is 1.39. The Hall–Kier alpha value is -1.83. The van der Waals surface area contributed by atoms with Crippen molar-refractivity contribution in [1.82, 2.24) is 29.6 Å². The molecular weight excluding hydrogens is 288 g/mol. The second-order valence-corrected chi connectivity index (χ2v) is 5.72. The van der Waals surface area contributed by atoms with Crippen LogP contribution >= 0.6 is 11.8 Å². The second kappa shape index (κ2) is 7.26. The number of imidazole rings is 1. The Morgan fingerprint density at radius 3 is 3.00 bits per heavy atom. The van der Waals surface area contributed by atoms with Gasteiger partial charge in [0.2, 0.25) is 5.91 Å². The molecule has 0 aromatic carbocycles. The van der Waals surface area contributed by atoms with Crippen LogP contribution in [0.25, 0.3) is 0 Å². The van der Waals surface area contributed by atoms with Crippen LogP contribution < -0.4 is 5.32 Å². The van der Waals surface area contributed by atoms with Crippen molar-refractivity contribution < 1.29 is 4.79 Å². The van der Waals surface area contributed by atoms with Gasteiger partial charge in [-0.05, 0) is 13.3 Å². The second-order valence-electron chi connectivity index (χ2n) is 4.78. The number of carbonyl (C=O) groups excluding carboxylic acids is 1. The van der Waals surface area contributed by atoms with E-state index in [-0.39, 0.29) is 11.9 Å². The molecule has 21 heavy (non-hydrogen) atoms. The zero-order valence-electron chi connectivity index (χ0n) is 12.5. The van der Waals surface area contributed by atoms with Crippen LogP contribution in [-0.4, -0.2) is 36.0 Å². The van der Waals surface area contributed by atoms with Crippen LogP contribution in [0.4, 0.5) is 0 Å². The van der Waals surface area contributed by atoms with Crippen LogP contribution in [0.2, 0.25) is 0 Å². The largest absolute Gasteiger partial charge is 0.346 e. The van der Waals surface area contributed by atoms with Gasteiger partial charge in [0, 0.05) is 26.0 Å². The Morgan fingerprint density at radius 1 is 1.52 bits per heavy atom. The van der Waals surface area contributed by atoms with E-state index in [1.165, 1.54) is 11.8 Å². The predicted molar refractivity (Wildman–Crippen MR) is 80.8 cm³/mol. The summed E-state index contributed by atoms with van der Waals surface area (Å²) in [6.45, 7) is 4.86. The van der Waals surface area contributed by atoms with Crippen LogP contribution in [0.1, 0.15) is 32.1 Å². The first kappa shape index (κ1) is 15.6. The summed E-state index contributed by atoms with van der Waals surface area (Å²) in [5.74, 6) is 1.07. The quantitative estimate of drug-likeness (QED) is 0.782. The molecule has 8 heteroatoms. The van der Waals surface area contributed by atoms with Gasteiger partial charge in [-0.3, -0.25) is 4.79 Å². The number of aryl methyl sites for hydroxylation is 2. The first-order valence-electron chi connectivity index (χ1n) is 6.89. The number of aromatic nitrogens is 5. The van der Waals surface area contributed by atoms with Gasteiger partial charge in [0.25, 0.3) is 0 Å². The minimum absolute atomic E-state index is 0.0402. The van der Waals surface area contributed by atoms with E-state index in [2.05, 4.69) is 27.4 Å². The molecule has 0 spiro atoms. The average molecular weight is 308 g/mol. The van der Waals surface area contributed by atoms with Crippen molar-refractivity contribution in [2.45, 2.75) is 38.0 Å². The van der Waals surface area contributed by atoms with Gasteiger partial charge in [-0.25, -0.2) is 4.98 Å². The number of hydrogen-bond acceptors (Lipinski definition) is 5. The summed E-state index contributed by atoms with van der Waals surface area (Å²) in [7, 11) is 1.91. The van der Waals surface area contributed by atoms with Crippen molar-refractivity contribution in [3.63, 3.8) is 0 Å². The first-order chi connectivity index (χ1) is 10.1. The van der Waals surface area contributed by atoms with E-state index in [1.54, 1.807) is 12.5 Å². The number of amides is 1. The molecule has 0 fully saturated rings. The highest BCUT2D eigenvalue weighted by atomic mass is 32.2. The van der Waals surface area contributed by atoms with E-state index >= 15 is 0 Å². The summed E-state index contributed by atoms with van der Waals surface area (Å²) >= 11 is 1.41. The monoisotopic (exact) mass is 308 g/mol. The molecule has 0 saturated carbocycles. The lowest BCUT2D eigenvalue weighted by atomic mass is 10.3. The molecule has 0 bridgehead atoms. The minimum atomic E-state index is -0.159. The highest BCUT2D eigenvalue weighted by molar-refractivity contribution is 7.99. The van der Waals surface area contributed by atoms with Gasteiger partial charge < -0.3 is 14.5 Å². The van der Waals surface area contributed by atoms with Crippen LogP contribution in [0.15, 0.2) is 23.9 Å². The minimum Gasteiger partial charge on any atom is -0.346 e. The van der Waals surface area contributed by atoms with Gasteiger partial charge in [-0.1, -0.05) is 18.7 Å². The van der Waals surface area contributed by atoms with Crippen molar-refractivity contribution in [3.05, 3.63) is 24.5 Å². The lowest BCUT2D eigenvalue weighted by Gasteiger charge is -2.14. The number of nitrogens with zero attached hydrogens (tertiary/aromatic N) is 5. The maximum atomic E-state index is 12.0. The number of thioether (sulfide) groups is 1. The van der Waals surface area contributed by atoms with Gasteiger partial charge in [-0.2, -0.15) is 0 Å². The van der Waals surface area contributed by atoms with Crippen molar-refractivity contribution in [2.75, 3.05) is 5.75 Å². The molecule has 7 nitrogen and oxygen atoms in total. The van der Waals surface area contributed by atoms with Crippen LogP contribution in [0, 0.1) is 0 Å². The van der Waals surface area contributed by atoms with E-state index in [9.17, 15) is 4.79 Å². The number of carbonyl (C=O) groups is 1. The van der Waals surface area contributed by atoms with E-state index in [0.717, 1.165) is 23.9 Å². The Bertz CT molecular complexity index is 593. The maximum absolute atomic E-state index is 12.0. The lowest BCUT2D eigenvalue weighted by Crippen LogP contribution is -2.30. The molecule has 0 aliphatic carbocycles. The van der Waals surface area contributed by atoms with Gasteiger partial charge in [-0.15, -0.1) is 10.2 Å². The molecule has 1 amide bonds. The zero-order valence-corrected chi connectivity index (χ0v) is 13.3. The fraction of sp³-hybridized carbons (Fsp3) is 0.538. The van der Waals surface area contributed by atoms with Gasteiger partial charge in [0.05, 0.1) is 11.8 Å². The molecule has 0 aliphatic rings. The first-order valence-corrected chi connectivity index (χ1v) is 7.87. The molecule has 2 aromatic rings. The van der Waals surface area contributed by atoms with Gasteiger partial charge in [0.1, 0.15) is 6.33 Å². The highest BCUT2D eigenvalue weighted by Gasteiger charge is 2.16. The molecule has 1 N–H and O–H groups in total. The summed E-state index contributed by atoms with van der Waals surface area (Å²) in [5, 5.41) is 11.8. The van der Waals surface area contributed by atoms with Gasteiger partial charge >= 0.3 is 0 Å². The van der Waals surface area contributed by atoms with Crippen molar-refractivity contribution in [2.24, 2.45) is 7.05 Å². The normalized spacial score (nSPS) is 12.3. The molecule has 0 unspecified atom stereocenters. The Labute approximate surface area is 128 Å². The maximum Gasteiger partial charge on any atom is 0.231 e. The van der Waals surface area contributed by atoms with E-state index in [0.29, 0.717) is 5.75 Å². The van der Waals surface area contributed by atoms with E-state index in [4.69, 9.17) is 0 Å². The van der Waals surface area contributed by atoms with Crippen LogP contribution in [-0.2, 0) is 18.4 Å². The van der Waals surface area contributed by atoms with Crippen LogP contribution in [0.5, 0.6) is 0 Å². The standard InChI is InChI=1S/C13H20N6OS/c1-4-6-19-9-15-17-12(19)10(2)16-11(20)8-21-13-14-5-7-18(13)3/h5,7,9-10H,4,6,8H2,1-3H3,(H,16,20)/t10-/m0/s1. The average Bonchev–Trinajstić information content (AvgIpc) is 3.06. The summed E-state index contributed by atoms with van der Waals surface area (Å²) in [4.78, 5) is 16.2. The third-order valence-electron chi connectivity index (χ3n) is 2.98. The fourth-order valence-electron chi connectivity index (χ4n) is 1.98. The third-order valence-corrected chi connectivity index (χ3v) is 4.04. The smallest absolute Gasteiger partial charge is 0.231 e. The van der Waals surface area contributed by atoms with Crippen LogP contribution in [0.3, 0.4) is 0 Å². The molecule has 1 atom stereocenters. The Kier molecular flexibility index (Phi) is 5.38. The molecule has 2 heterocycles. The molecular formula is C13H20N6OS. The summed E-state index contributed by atoms with van der Waals surface area (Å²) in [5.41, 5.74) is 0. The number of nitrogens with one attached hydrogen (secondary N) is 1. The summed E-state index contributed by atoms with van der Waals surface area (Å²) < 4.78 is 3.86. The van der Waals surface area contributed by atoms with E-state index < -0.39 is 0 Å². The highest BCUT2D eigenvalue weighted by Crippen LogP contribution is 2.15. The third kappa shape index (κ3) is 4.07. The number of hydrogen-bond donors (Lipinski definition) is 1. The number of rotatable bonds is 7. The molecule has 2 rings (SSSR count). The molecule has 114 valence electrons. The Morgan fingerprint density at radius 2 is 2.33 bits per heavy atom. The topological polar surface area (TPSA) is 77.6 Å². The molecule has 2 aromatic heterocycles.